The predicted molar refractivity (Wildman–Crippen MR) is 108 cm³/mol. The lowest BCUT2D eigenvalue weighted by Crippen LogP contribution is -2.44. The number of benzene rings is 3. The van der Waals surface area contributed by atoms with Crippen molar-refractivity contribution >= 4 is 54.7 Å². The van der Waals surface area contributed by atoms with E-state index < -0.39 is 4.90 Å². The Morgan fingerprint density at radius 3 is 1.67 bits per heavy atom. The van der Waals surface area contributed by atoms with Crippen molar-refractivity contribution < 1.29 is 9.59 Å². The van der Waals surface area contributed by atoms with Crippen LogP contribution in [0.5, 0.6) is 0 Å². The van der Waals surface area contributed by atoms with Gasteiger partial charge in [0.1, 0.15) is 33.0 Å². The summed E-state index contributed by atoms with van der Waals surface area (Å²) < 4.78 is 0. The van der Waals surface area contributed by atoms with Crippen LogP contribution in [0.25, 0.3) is 0 Å². The van der Waals surface area contributed by atoms with Crippen LogP contribution < -0.4 is 26.4 Å². The van der Waals surface area contributed by atoms with Gasteiger partial charge in [0, 0.05) is 0 Å². The van der Waals surface area contributed by atoms with Crippen molar-refractivity contribution in [3.63, 3.8) is 0 Å². The molecule has 0 fully saturated rings. The minimum atomic E-state index is -2.09. The highest BCUT2D eigenvalue weighted by atomic mass is 127. The molecule has 0 spiro atoms. The molecule has 24 heavy (non-hydrogen) atoms. The minimum Gasteiger partial charge on any atom is -0.233 e. The summed E-state index contributed by atoms with van der Waals surface area (Å²) in [6.45, 7) is 0. The Morgan fingerprint density at radius 1 is 0.667 bits per heavy atom. The molecule has 0 saturated carbocycles. The largest absolute Gasteiger partial charge is 0.233 e. The maximum atomic E-state index is 11.6. The van der Waals surface area contributed by atoms with Crippen LogP contribution >= 0.6 is 26.9 Å². The first kappa shape index (κ1) is 16.8. The van der Waals surface area contributed by atoms with Gasteiger partial charge < -0.3 is 0 Å². The highest BCUT2D eigenvalue weighted by Crippen LogP contribution is 2.62. The molecule has 0 heterocycles. The van der Waals surface area contributed by atoms with E-state index in [1.165, 1.54) is 0 Å². The topological polar surface area (TPSA) is 34.1 Å². The van der Waals surface area contributed by atoms with Crippen LogP contribution in [0.2, 0.25) is 0 Å². The zero-order chi connectivity index (χ0) is 17.0. The van der Waals surface area contributed by atoms with Gasteiger partial charge in [0.25, 0.3) is 0 Å². The number of rotatable bonds is 3. The van der Waals surface area contributed by atoms with Gasteiger partial charge >= 0.3 is 0 Å². The molecule has 4 heteroatoms. The first-order valence-electron chi connectivity index (χ1n) is 7.31. The van der Waals surface area contributed by atoms with Gasteiger partial charge in [-0.1, -0.05) is 42.5 Å². The Bertz CT molecular complexity index is 983. The molecule has 3 rings (SSSR count). The fourth-order valence-corrected chi connectivity index (χ4v) is 8.61. The van der Waals surface area contributed by atoms with Crippen LogP contribution in [0, 0.1) is 0 Å². The molecule has 0 aliphatic carbocycles. The smallest absolute Gasteiger partial charge is 0.173 e. The van der Waals surface area contributed by atoms with Crippen molar-refractivity contribution in [2.45, 2.75) is 0 Å². The van der Waals surface area contributed by atoms with Gasteiger partial charge in [-0.3, -0.25) is 0 Å². The van der Waals surface area contributed by atoms with E-state index in [9.17, 15) is 9.59 Å². The molecule has 0 aliphatic rings. The minimum absolute atomic E-state index is 0.260. The summed E-state index contributed by atoms with van der Waals surface area (Å²) in [5.41, 5.74) is 0. The monoisotopic (exact) mass is 443 g/mol. The zero-order valence-electron chi connectivity index (χ0n) is 12.6. The van der Waals surface area contributed by atoms with Gasteiger partial charge in [-0.15, -0.1) is 0 Å². The van der Waals surface area contributed by atoms with Crippen LogP contribution in [0.4, 0.5) is 0 Å². The molecule has 3 aromatic carbocycles. The van der Waals surface area contributed by atoms with Crippen molar-refractivity contribution in [3.05, 3.63) is 89.3 Å². The molecule has 3 aromatic rings. The molecule has 0 unspecified atom stereocenters. The van der Waals surface area contributed by atoms with E-state index in [-0.39, 0.29) is 5.22 Å². The van der Waals surface area contributed by atoms with Gasteiger partial charge in [-0.2, -0.15) is 0 Å². The van der Waals surface area contributed by atoms with Crippen LogP contribution in [0.1, 0.15) is 0 Å². The Hall–Kier alpha value is -2.02. The molecule has 0 atom stereocenters. The van der Waals surface area contributed by atoms with E-state index in [1.807, 2.05) is 54.3 Å². The standard InChI is InChI=1S/C20H13IO2P/c21-24(17-9-3-1-4-10-17,18-11-5-2-6-12-18)20-13-7-8-16(14-22)19(20)15-23/h1-13H/q+1. The molecule has 0 aliphatic heterocycles. The van der Waals surface area contributed by atoms with Crippen molar-refractivity contribution in [2.75, 3.05) is 0 Å². The SMILES string of the molecule is O=C=c1cccc([P+](I)(c2ccccc2)c2ccccc2)c1=C=O. The molecular weight excluding hydrogens is 430 g/mol. The van der Waals surface area contributed by atoms with Gasteiger partial charge in [-0.25, -0.2) is 9.59 Å². The number of halogens is 1. The Kier molecular flexibility index (Phi) is 5.08. The number of carbonyl (C=O) groups excluding carboxylic acids is 2. The first-order chi connectivity index (χ1) is 11.7. The van der Waals surface area contributed by atoms with Crippen LogP contribution in [0.15, 0.2) is 78.9 Å². The van der Waals surface area contributed by atoms with E-state index in [0.29, 0.717) is 5.22 Å². The van der Waals surface area contributed by atoms with Crippen molar-refractivity contribution in [1.29, 1.82) is 0 Å². The molecular formula is C20H13IO2P+. The second kappa shape index (κ2) is 7.25. The third-order valence-corrected chi connectivity index (χ3v) is 11.8. The van der Waals surface area contributed by atoms with Crippen LogP contribution in [-0.2, 0) is 9.59 Å². The normalized spacial score (nSPS) is 10.7. The lowest BCUT2D eigenvalue weighted by Gasteiger charge is -2.20. The van der Waals surface area contributed by atoms with E-state index >= 15 is 0 Å². The van der Waals surface area contributed by atoms with Crippen LogP contribution in [-0.4, -0.2) is 11.9 Å². The van der Waals surface area contributed by atoms with Crippen molar-refractivity contribution in [3.8, 4) is 0 Å². The lowest BCUT2D eigenvalue weighted by atomic mass is 10.2. The van der Waals surface area contributed by atoms with Gasteiger partial charge in [-0.05, 0) is 36.4 Å². The maximum Gasteiger partial charge on any atom is 0.173 e. The molecule has 0 aromatic heterocycles. The predicted octanol–water partition coefficient (Wildman–Crippen LogP) is 1.34. The second-order valence-electron chi connectivity index (χ2n) is 5.16. The highest BCUT2D eigenvalue weighted by Gasteiger charge is 2.44. The summed E-state index contributed by atoms with van der Waals surface area (Å²) in [5, 5.41) is 3.68. The van der Waals surface area contributed by atoms with Crippen molar-refractivity contribution in [1.82, 2.24) is 0 Å². The molecule has 116 valence electrons. The van der Waals surface area contributed by atoms with Crippen LogP contribution in [0.3, 0.4) is 0 Å². The van der Waals surface area contributed by atoms with E-state index in [0.717, 1.165) is 15.9 Å². The second-order valence-corrected chi connectivity index (χ2v) is 12.2. The number of hydrogen-bond acceptors (Lipinski definition) is 2. The lowest BCUT2D eigenvalue weighted by molar-refractivity contribution is 0.564. The third-order valence-electron chi connectivity index (χ3n) is 3.81. The summed E-state index contributed by atoms with van der Waals surface area (Å²) in [6.07, 6.45) is 0. The summed E-state index contributed by atoms with van der Waals surface area (Å²) in [6, 6.07) is 25.5. The maximum absolute atomic E-state index is 11.6. The van der Waals surface area contributed by atoms with Gasteiger partial charge in [0.05, 0.1) is 5.22 Å². The highest BCUT2D eigenvalue weighted by molar-refractivity contribution is 14.2. The van der Waals surface area contributed by atoms with Gasteiger partial charge in [0.15, 0.2) is 26.9 Å². The Balaban J connectivity index is 2.46. The quantitative estimate of drug-likeness (QED) is 0.453. The molecule has 0 N–H and O–H groups in total. The molecule has 2 nitrogen and oxygen atoms in total. The summed E-state index contributed by atoms with van der Waals surface area (Å²) in [5.74, 6) is 3.83. The fourth-order valence-electron chi connectivity index (χ4n) is 2.68. The molecule has 0 saturated heterocycles. The molecule has 0 radical (unpaired) electrons. The summed E-state index contributed by atoms with van der Waals surface area (Å²) >= 11 is 2.46. The van der Waals surface area contributed by atoms with E-state index in [2.05, 4.69) is 46.3 Å². The molecule has 0 amide bonds. The molecule has 0 bridgehead atoms. The summed E-state index contributed by atoms with van der Waals surface area (Å²) in [4.78, 5) is 20.8. The Morgan fingerprint density at radius 2 is 1.21 bits per heavy atom. The third kappa shape index (κ3) is 2.88. The first-order valence-corrected chi connectivity index (χ1v) is 11.9. The van der Waals surface area contributed by atoms with E-state index in [1.54, 1.807) is 12.1 Å². The summed E-state index contributed by atoms with van der Waals surface area (Å²) in [7, 11) is 0. The van der Waals surface area contributed by atoms with Gasteiger partial charge in [0.2, 0.25) is 0 Å². The fraction of sp³-hybridized carbons (Fsp3) is 0. The average Bonchev–Trinajstić information content (AvgIpc) is 2.68. The zero-order valence-corrected chi connectivity index (χ0v) is 15.7. The van der Waals surface area contributed by atoms with E-state index in [4.69, 9.17) is 0 Å². The number of hydrogen-bond donors (Lipinski definition) is 0. The van der Waals surface area contributed by atoms with Crippen molar-refractivity contribution in [2.24, 2.45) is 0 Å². The average molecular weight is 443 g/mol. The Labute approximate surface area is 153 Å².